The zero-order valence-electron chi connectivity index (χ0n) is 13.3. The van der Waals surface area contributed by atoms with E-state index in [0.29, 0.717) is 17.4 Å². The first-order valence-electron chi connectivity index (χ1n) is 8.03. The fourth-order valence-corrected chi connectivity index (χ4v) is 3.17. The molecule has 1 spiro atoms. The molecule has 2 rings (SSSR count). The summed E-state index contributed by atoms with van der Waals surface area (Å²) in [5.41, 5.74) is 0.777. The Balaban J connectivity index is 1.56. The number of carbonyl (C=O) groups excluding carboxylic acids is 1. The lowest BCUT2D eigenvalue weighted by Crippen LogP contribution is -2.61. The summed E-state index contributed by atoms with van der Waals surface area (Å²) < 4.78 is 5.37. The van der Waals surface area contributed by atoms with Gasteiger partial charge in [-0.2, -0.15) is 0 Å². The summed E-state index contributed by atoms with van der Waals surface area (Å²) in [4.78, 5) is 13.8. The molecular formula is C16H30N2O2. The van der Waals surface area contributed by atoms with Gasteiger partial charge in [0, 0.05) is 18.5 Å². The highest BCUT2D eigenvalue weighted by Crippen LogP contribution is 2.38. The van der Waals surface area contributed by atoms with Crippen molar-refractivity contribution in [1.82, 2.24) is 10.2 Å². The van der Waals surface area contributed by atoms with E-state index >= 15 is 0 Å². The summed E-state index contributed by atoms with van der Waals surface area (Å²) in [6.45, 7) is 11.3. The quantitative estimate of drug-likeness (QED) is 0.806. The Morgan fingerprint density at radius 3 is 2.45 bits per heavy atom. The molecule has 0 aromatic heterocycles. The van der Waals surface area contributed by atoms with Crippen LogP contribution in [0.4, 0.5) is 4.79 Å². The monoisotopic (exact) mass is 282 g/mol. The lowest BCUT2D eigenvalue weighted by molar-refractivity contribution is -0.0216. The number of carbonyl (C=O) groups is 1. The second kappa shape index (κ2) is 6.33. The van der Waals surface area contributed by atoms with Crippen molar-refractivity contribution < 1.29 is 9.53 Å². The van der Waals surface area contributed by atoms with E-state index in [-0.39, 0.29) is 6.09 Å². The minimum absolute atomic E-state index is 0.107. The summed E-state index contributed by atoms with van der Waals surface area (Å²) >= 11 is 0. The number of piperidine rings is 1. The van der Waals surface area contributed by atoms with E-state index in [1.54, 1.807) is 0 Å². The molecular weight excluding hydrogens is 252 g/mol. The summed E-state index contributed by atoms with van der Waals surface area (Å²) in [7, 11) is 0. The number of nitrogens with zero attached hydrogens (tertiary/aromatic N) is 1. The van der Waals surface area contributed by atoms with Gasteiger partial charge in [-0.15, -0.1) is 0 Å². The molecule has 2 heterocycles. The molecule has 2 aliphatic rings. The van der Waals surface area contributed by atoms with Crippen LogP contribution < -0.4 is 5.32 Å². The highest BCUT2D eigenvalue weighted by Gasteiger charge is 2.45. The number of ether oxygens (including phenoxy) is 1. The predicted octanol–water partition coefficient (Wildman–Crippen LogP) is 3.02. The molecule has 116 valence electrons. The standard InChI is InChI=1S/C16H30N2O2/c1-15(2,3)6-4-5-11-20-14(19)18-12-16(13-18)7-9-17-10-8-16/h17H,4-13H2,1-3H3. The number of rotatable bonds is 4. The van der Waals surface area contributed by atoms with Crippen molar-refractivity contribution in [3.63, 3.8) is 0 Å². The van der Waals surface area contributed by atoms with E-state index in [4.69, 9.17) is 4.74 Å². The number of unbranched alkanes of at least 4 members (excludes halogenated alkanes) is 1. The normalized spacial score (nSPS) is 21.6. The van der Waals surface area contributed by atoms with Crippen LogP contribution in [0.2, 0.25) is 0 Å². The molecule has 0 atom stereocenters. The first kappa shape index (κ1) is 15.6. The second-order valence-corrected chi connectivity index (χ2v) is 7.74. The molecule has 0 bridgehead atoms. The maximum absolute atomic E-state index is 11.9. The average Bonchev–Trinajstić information content (AvgIpc) is 2.35. The third kappa shape index (κ3) is 4.37. The number of nitrogens with one attached hydrogen (secondary N) is 1. The molecule has 1 N–H and O–H groups in total. The molecule has 0 unspecified atom stereocenters. The molecule has 4 heteroatoms. The molecule has 2 saturated heterocycles. The van der Waals surface area contributed by atoms with Gasteiger partial charge in [-0.25, -0.2) is 4.79 Å². The van der Waals surface area contributed by atoms with E-state index in [1.807, 2.05) is 4.90 Å². The molecule has 20 heavy (non-hydrogen) atoms. The van der Waals surface area contributed by atoms with Crippen LogP contribution >= 0.6 is 0 Å². The number of amides is 1. The van der Waals surface area contributed by atoms with Crippen molar-refractivity contribution in [2.75, 3.05) is 32.8 Å². The zero-order valence-corrected chi connectivity index (χ0v) is 13.3. The van der Waals surface area contributed by atoms with Crippen molar-refractivity contribution >= 4 is 6.09 Å². The maximum atomic E-state index is 11.9. The predicted molar refractivity (Wildman–Crippen MR) is 80.8 cm³/mol. The Labute approximate surface area is 123 Å². The molecule has 2 fully saturated rings. The smallest absolute Gasteiger partial charge is 0.409 e. The van der Waals surface area contributed by atoms with Gasteiger partial charge in [0.1, 0.15) is 0 Å². The van der Waals surface area contributed by atoms with Gasteiger partial charge in [0.05, 0.1) is 6.61 Å². The molecule has 0 radical (unpaired) electrons. The van der Waals surface area contributed by atoms with E-state index in [0.717, 1.165) is 39.0 Å². The van der Waals surface area contributed by atoms with Crippen molar-refractivity contribution in [3.8, 4) is 0 Å². The van der Waals surface area contributed by atoms with Crippen molar-refractivity contribution in [3.05, 3.63) is 0 Å². The van der Waals surface area contributed by atoms with Crippen LogP contribution in [-0.4, -0.2) is 43.8 Å². The lowest BCUT2D eigenvalue weighted by atomic mass is 9.73. The third-order valence-corrected chi connectivity index (χ3v) is 4.52. The van der Waals surface area contributed by atoms with E-state index in [9.17, 15) is 4.79 Å². The second-order valence-electron chi connectivity index (χ2n) is 7.74. The molecule has 0 aliphatic carbocycles. The Bertz CT molecular complexity index is 322. The van der Waals surface area contributed by atoms with Crippen LogP contribution in [0.5, 0.6) is 0 Å². The van der Waals surface area contributed by atoms with Gasteiger partial charge < -0.3 is 15.0 Å². The first-order valence-corrected chi connectivity index (χ1v) is 8.03. The van der Waals surface area contributed by atoms with Crippen LogP contribution in [0.3, 0.4) is 0 Å². The van der Waals surface area contributed by atoms with Gasteiger partial charge in [-0.1, -0.05) is 20.8 Å². The van der Waals surface area contributed by atoms with Crippen LogP contribution in [0.25, 0.3) is 0 Å². The Morgan fingerprint density at radius 2 is 1.85 bits per heavy atom. The third-order valence-electron chi connectivity index (χ3n) is 4.52. The van der Waals surface area contributed by atoms with Crippen molar-refractivity contribution in [2.24, 2.45) is 10.8 Å². The summed E-state index contributed by atoms with van der Waals surface area (Å²) in [5.74, 6) is 0. The Kier molecular flexibility index (Phi) is 4.95. The number of hydrogen-bond acceptors (Lipinski definition) is 3. The van der Waals surface area contributed by atoms with Gasteiger partial charge in [0.15, 0.2) is 0 Å². The topological polar surface area (TPSA) is 41.6 Å². The van der Waals surface area contributed by atoms with Crippen LogP contribution in [-0.2, 0) is 4.74 Å². The Morgan fingerprint density at radius 1 is 1.20 bits per heavy atom. The van der Waals surface area contributed by atoms with Crippen molar-refractivity contribution in [1.29, 1.82) is 0 Å². The van der Waals surface area contributed by atoms with Crippen LogP contribution in [0, 0.1) is 10.8 Å². The van der Waals surface area contributed by atoms with E-state index < -0.39 is 0 Å². The fourth-order valence-electron chi connectivity index (χ4n) is 3.17. The summed E-state index contributed by atoms with van der Waals surface area (Å²) in [6.07, 6.45) is 5.58. The SMILES string of the molecule is CC(C)(C)CCCCOC(=O)N1CC2(CCNCC2)C1. The van der Waals surface area contributed by atoms with Crippen LogP contribution in [0.1, 0.15) is 52.9 Å². The minimum atomic E-state index is -0.107. The first-order chi connectivity index (χ1) is 9.40. The molecule has 0 aromatic rings. The highest BCUT2D eigenvalue weighted by atomic mass is 16.6. The zero-order chi connectivity index (χ0) is 14.6. The molecule has 1 amide bonds. The number of hydrogen-bond donors (Lipinski definition) is 1. The van der Waals surface area contributed by atoms with Crippen molar-refractivity contribution in [2.45, 2.75) is 52.9 Å². The van der Waals surface area contributed by atoms with Gasteiger partial charge in [-0.05, 0) is 50.6 Å². The van der Waals surface area contributed by atoms with Crippen LogP contribution in [0.15, 0.2) is 0 Å². The fraction of sp³-hybridized carbons (Fsp3) is 0.938. The maximum Gasteiger partial charge on any atom is 0.409 e. The minimum Gasteiger partial charge on any atom is -0.449 e. The van der Waals surface area contributed by atoms with Gasteiger partial charge in [0.2, 0.25) is 0 Å². The number of likely N-dealkylation sites (tertiary alicyclic amines) is 1. The highest BCUT2D eigenvalue weighted by molar-refractivity contribution is 5.69. The lowest BCUT2D eigenvalue weighted by Gasteiger charge is -2.51. The molecule has 2 aliphatic heterocycles. The largest absolute Gasteiger partial charge is 0.449 e. The molecule has 4 nitrogen and oxygen atoms in total. The van der Waals surface area contributed by atoms with Gasteiger partial charge in [-0.3, -0.25) is 0 Å². The Hall–Kier alpha value is -0.770. The van der Waals surface area contributed by atoms with Gasteiger partial charge >= 0.3 is 6.09 Å². The van der Waals surface area contributed by atoms with E-state index in [2.05, 4.69) is 26.1 Å². The van der Waals surface area contributed by atoms with Gasteiger partial charge in [0.25, 0.3) is 0 Å². The van der Waals surface area contributed by atoms with E-state index in [1.165, 1.54) is 19.3 Å². The molecule has 0 aromatic carbocycles. The average molecular weight is 282 g/mol. The summed E-state index contributed by atoms with van der Waals surface area (Å²) in [5, 5.41) is 3.38. The summed E-state index contributed by atoms with van der Waals surface area (Å²) in [6, 6.07) is 0. The molecule has 0 saturated carbocycles.